The highest BCUT2D eigenvalue weighted by atomic mass is 32.2. The van der Waals surface area contributed by atoms with E-state index in [1.54, 1.807) is 0 Å². The van der Waals surface area contributed by atoms with Gasteiger partial charge in [-0.15, -0.1) is 0 Å². The minimum Gasteiger partial charge on any atom is -0.748 e. The van der Waals surface area contributed by atoms with Gasteiger partial charge < -0.3 is 4.55 Å². The van der Waals surface area contributed by atoms with Crippen molar-refractivity contribution in [1.29, 1.82) is 0 Å². The van der Waals surface area contributed by atoms with Gasteiger partial charge in [0.05, 0.1) is 10.1 Å². The molecule has 0 fully saturated rings. The van der Waals surface area contributed by atoms with Gasteiger partial charge >= 0.3 is 0 Å². The molecule has 0 N–H and O–H groups in total. The van der Waals surface area contributed by atoms with Gasteiger partial charge in [0.15, 0.2) is 0 Å². The van der Waals surface area contributed by atoms with Gasteiger partial charge in [-0.25, -0.2) is 8.42 Å². The van der Waals surface area contributed by atoms with Crippen LogP contribution in [-0.2, 0) is 10.1 Å². The predicted molar refractivity (Wildman–Crippen MR) is 47.9 cm³/mol. The summed E-state index contributed by atoms with van der Waals surface area (Å²) in [7, 11) is -4.00. The third-order valence-electron chi connectivity index (χ3n) is 2.20. The van der Waals surface area contributed by atoms with Crippen molar-refractivity contribution in [3.8, 4) is 0 Å². The van der Waals surface area contributed by atoms with E-state index in [4.69, 9.17) is 0 Å². The largest absolute Gasteiger partial charge is 0.748 e. The molecule has 0 saturated carbocycles. The first-order valence-corrected chi connectivity index (χ1v) is 5.78. The van der Waals surface area contributed by atoms with Gasteiger partial charge in [-0.1, -0.05) is 27.2 Å². The van der Waals surface area contributed by atoms with E-state index in [-0.39, 0.29) is 11.2 Å². The first-order valence-electron chi connectivity index (χ1n) is 4.20. The minimum absolute atomic E-state index is 0.157. The Labute approximate surface area is 74.9 Å². The topological polar surface area (TPSA) is 57.2 Å². The van der Waals surface area contributed by atoms with Crippen LogP contribution >= 0.6 is 0 Å². The second kappa shape index (κ2) is 4.23. The molecule has 0 rings (SSSR count). The van der Waals surface area contributed by atoms with Gasteiger partial charge in [-0.3, -0.25) is 0 Å². The zero-order chi connectivity index (χ0) is 9.83. The summed E-state index contributed by atoms with van der Waals surface area (Å²) in [6, 6.07) is 0. The summed E-state index contributed by atoms with van der Waals surface area (Å²) in [4.78, 5) is 0. The SMILES string of the molecule is CCC(C)(C)CCCS(=O)(=O)[O-]. The number of hydrogen-bond acceptors (Lipinski definition) is 3. The lowest BCUT2D eigenvalue weighted by Gasteiger charge is -2.22. The average molecular weight is 193 g/mol. The Morgan fingerprint density at radius 1 is 1.33 bits per heavy atom. The molecule has 4 heteroatoms. The summed E-state index contributed by atoms with van der Waals surface area (Å²) < 4.78 is 30.7. The Morgan fingerprint density at radius 3 is 2.17 bits per heavy atom. The fourth-order valence-corrected chi connectivity index (χ4v) is 1.40. The standard InChI is InChI=1S/C8H18O3S/c1-4-8(2,3)6-5-7-12(9,10)11/h4-7H2,1-3H3,(H,9,10,11)/p-1. The third-order valence-corrected chi connectivity index (χ3v) is 2.99. The van der Waals surface area contributed by atoms with Gasteiger partial charge in [0.1, 0.15) is 0 Å². The van der Waals surface area contributed by atoms with Crippen LogP contribution in [0.1, 0.15) is 40.0 Å². The summed E-state index contributed by atoms with van der Waals surface area (Å²) in [6.07, 6.45) is 2.28. The van der Waals surface area contributed by atoms with E-state index in [0.717, 1.165) is 12.8 Å². The second-order valence-electron chi connectivity index (χ2n) is 3.88. The summed E-state index contributed by atoms with van der Waals surface area (Å²) in [5, 5.41) is 0. The van der Waals surface area contributed by atoms with Crippen LogP contribution in [0.3, 0.4) is 0 Å². The molecular formula is C8H17O3S-. The molecule has 0 aromatic heterocycles. The minimum atomic E-state index is -4.00. The Bertz CT molecular complexity index is 216. The van der Waals surface area contributed by atoms with Gasteiger partial charge in [0, 0.05) is 5.75 Å². The zero-order valence-corrected chi connectivity index (χ0v) is 8.78. The van der Waals surface area contributed by atoms with Crippen molar-refractivity contribution in [2.75, 3.05) is 5.75 Å². The molecular weight excluding hydrogens is 176 g/mol. The summed E-state index contributed by atoms with van der Waals surface area (Å²) in [5.41, 5.74) is 0.157. The van der Waals surface area contributed by atoms with Crippen molar-refractivity contribution in [2.24, 2.45) is 5.41 Å². The third kappa shape index (κ3) is 6.61. The van der Waals surface area contributed by atoms with Gasteiger partial charge in [-0.05, 0) is 18.3 Å². The normalized spacial score (nSPS) is 13.3. The molecule has 0 aliphatic carbocycles. The van der Waals surface area contributed by atoms with Crippen LogP contribution in [-0.4, -0.2) is 18.7 Å². The Hall–Kier alpha value is -0.0900. The average Bonchev–Trinajstić information content (AvgIpc) is 1.84. The van der Waals surface area contributed by atoms with Crippen LogP contribution in [0.2, 0.25) is 0 Å². The highest BCUT2D eigenvalue weighted by Gasteiger charge is 2.14. The van der Waals surface area contributed by atoms with Crippen LogP contribution < -0.4 is 0 Å². The van der Waals surface area contributed by atoms with Crippen molar-refractivity contribution in [3.63, 3.8) is 0 Å². The molecule has 0 radical (unpaired) electrons. The van der Waals surface area contributed by atoms with Crippen LogP contribution in [0.15, 0.2) is 0 Å². The molecule has 0 saturated heterocycles. The maximum Gasteiger partial charge on any atom is 0.0945 e. The van der Waals surface area contributed by atoms with Crippen LogP contribution in [0.4, 0.5) is 0 Å². The molecule has 0 aromatic carbocycles. The fraction of sp³-hybridized carbons (Fsp3) is 1.00. The Morgan fingerprint density at radius 2 is 1.83 bits per heavy atom. The lowest BCUT2D eigenvalue weighted by Crippen LogP contribution is -2.12. The van der Waals surface area contributed by atoms with E-state index in [1.807, 2.05) is 0 Å². The lowest BCUT2D eigenvalue weighted by atomic mass is 9.86. The van der Waals surface area contributed by atoms with E-state index in [0.29, 0.717) is 6.42 Å². The highest BCUT2D eigenvalue weighted by molar-refractivity contribution is 7.85. The smallest absolute Gasteiger partial charge is 0.0945 e. The van der Waals surface area contributed by atoms with Crippen molar-refractivity contribution >= 4 is 10.1 Å². The first-order chi connectivity index (χ1) is 5.27. The summed E-state index contributed by atoms with van der Waals surface area (Å²) >= 11 is 0. The molecule has 3 nitrogen and oxygen atoms in total. The van der Waals surface area contributed by atoms with Crippen LogP contribution in [0, 0.1) is 5.41 Å². The number of rotatable bonds is 5. The van der Waals surface area contributed by atoms with Gasteiger partial charge in [0.25, 0.3) is 0 Å². The Kier molecular flexibility index (Phi) is 4.20. The quantitative estimate of drug-likeness (QED) is 0.625. The molecule has 0 bridgehead atoms. The van der Waals surface area contributed by atoms with E-state index in [9.17, 15) is 13.0 Å². The van der Waals surface area contributed by atoms with E-state index in [1.165, 1.54) is 0 Å². The van der Waals surface area contributed by atoms with Crippen LogP contribution in [0.5, 0.6) is 0 Å². The highest BCUT2D eigenvalue weighted by Crippen LogP contribution is 2.25. The molecule has 74 valence electrons. The monoisotopic (exact) mass is 193 g/mol. The molecule has 0 amide bonds. The Balaban J connectivity index is 3.72. The predicted octanol–water partition coefficient (Wildman–Crippen LogP) is 1.75. The lowest BCUT2D eigenvalue weighted by molar-refractivity contribution is 0.317. The second-order valence-corrected chi connectivity index (χ2v) is 5.41. The molecule has 0 heterocycles. The van der Waals surface area contributed by atoms with Gasteiger partial charge in [-0.2, -0.15) is 0 Å². The zero-order valence-electron chi connectivity index (χ0n) is 7.96. The maximum atomic E-state index is 10.2. The number of hydrogen-bond donors (Lipinski definition) is 0. The van der Waals surface area contributed by atoms with Gasteiger partial charge in [0.2, 0.25) is 0 Å². The van der Waals surface area contributed by atoms with E-state index >= 15 is 0 Å². The summed E-state index contributed by atoms with van der Waals surface area (Å²) in [6.45, 7) is 6.21. The molecule has 0 atom stereocenters. The van der Waals surface area contributed by atoms with E-state index in [2.05, 4.69) is 20.8 Å². The van der Waals surface area contributed by atoms with Crippen molar-refractivity contribution in [3.05, 3.63) is 0 Å². The molecule has 0 unspecified atom stereocenters. The van der Waals surface area contributed by atoms with E-state index < -0.39 is 10.1 Å². The molecule has 0 spiro atoms. The fourth-order valence-electron chi connectivity index (χ4n) is 0.904. The van der Waals surface area contributed by atoms with Crippen molar-refractivity contribution < 1.29 is 13.0 Å². The molecule has 12 heavy (non-hydrogen) atoms. The summed E-state index contributed by atoms with van der Waals surface area (Å²) in [5.74, 6) is -0.226. The van der Waals surface area contributed by atoms with Crippen LogP contribution in [0.25, 0.3) is 0 Å². The molecule has 0 aliphatic rings. The van der Waals surface area contributed by atoms with Crippen molar-refractivity contribution in [1.82, 2.24) is 0 Å². The molecule has 0 aliphatic heterocycles. The first kappa shape index (κ1) is 11.9. The van der Waals surface area contributed by atoms with Crippen molar-refractivity contribution in [2.45, 2.75) is 40.0 Å². The molecule has 0 aromatic rings. The maximum absolute atomic E-state index is 10.2.